The number of carbonyl (C=O) groups excluding carboxylic acids is 2. The molecule has 2 amide bonds. The number of nitrogens with zero attached hydrogens (tertiary/aromatic N) is 1. The first-order valence-electron chi connectivity index (χ1n) is 4.19. The summed E-state index contributed by atoms with van der Waals surface area (Å²) in [6, 6.07) is 0. The van der Waals surface area contributed by atoms with Gasteiger partial charge in [0, 0.05) is 26.1 Å². The highest BCUT2D eigenvalue weighted by molar-refractivity contribution is 5.78. The van der Waals surface area contributed by atoms with E-state index in [1.54, 1.807) is 11.9 Å². The second-order valence-electron chi connectivity index (χ2n) is 3.03. The van der Waals surface area contributed by atoms with Gasteiger partial charge in [-0.25, -0.2) is 0 Å². The summed E-state index contributed by atoms with van der Waals surface area (Å²) in [7, 11) is 1.65. The highest BCUT2D eigenvalue weighted by Crippen LogP contribution is 2.15. The molecule has 0 aliphatic carbocycles. The summed E-state index contributed by atoms with van der Waals surface area (Å²) < 4.78 is 0. The van der Waals surface area contributed by atoms with Crippen molar-refractivity contribution in [1.29, 1.82) is 0 Å². The van der Waals surface area contributed by atoms with Gasteiger partial charge < -0.3 is 10.2 Å². The Kier molecular flexibility index (Phi) is 3.08. The average molecular weight is 170 g/mol. The average Bonchev–Trinajstić information content (AvgIpc) is 2.17. The van der Waals surface area contributed by atoms with Crippen LogP contribution in [0.4, 0.5) is 0 Å². The monoisotopic (exact) mass is 170 g/mol. The Morgan fingerprint density at radius 1 is 1.50 bits per heavy atom. The van der Waals surface area contributed by atoms with Crippen molar-refractivity contribution >= 4 is 12.3 Å². The van der Waals surface area contributed by atoms with Crippen LogP contribution in [0.3, 0.4) is 0 Å². The number of carbonyl (C=O) groups is 2. The lowest BCUT2D eigenvalue weighted by atomic mass is 9.96. The van der Waals surface area contributed by atoms with E-state index in [0.29, 0.717) is 13.1 Å². The van der Waals surface area contributed by atoms with Crippen LogP contribution in [0.15, 0.2) is 0 Å². The molecule has 0 atom stereocenters. The number of piperidine rings is 1. The largest absolute Gasteiger partial charge is 0.359 e. The fourth-order valence-electron chi connectivity index (χ4n) is 1.47. The standard InChI is InChI=1S/C8H14N2O2/c1-9-8(12)7-2-4-10(6-11)5-3-7/h6-7H,2-5H2,1H3,(H,9,12). The molecule has 0 saturated carbocycles. The first kappa shape index (κ1) is 9.03. The third-order valence-electron chi connectivity index (χ3n) is 2.30. The maximum atomic E-state index is 11.1. The van der Waals surface area contributed by atoms with Crippen LogP contribution in [-0.2, 0) is 9.59 Å². The number of nitrogens with one attached hydrogen (secondary N) is 1. The molecule has 0 spiro atoms. The Labute approximate surface area is 71.9 Å². The van der Waals surface area contributed by atoms with Gasteiger partial charge in [0.1, 0.15) is 0 Å². The number of hydrogen-bond acceptors (Lipinski definition) is 2. The van der Waals surface area contributed by atoms with Gasteiger partial charge in [0.25, 0.3) is 0 Å². The predicted octanol–water partition coefficient (Wildman–Crippen LogP) is -0.399. The summed E-state index contributed by atoms with van der Waals surface area (Å²) in [5.41, 5.74) is 0. The van der Waals surface area contributed by atoms with Crippen molar-refractivity contribution in [3.63, 3.8) is 0 Å². The van der Waals surface area contributed by atoms with Crippen LogP contribution in [0.5, 0.6) is 0 Å². The van der Waals surface area contributed by atoms with E-state index in [1.807, 2.05) is 0 Å². The SMILES string of the molecule is CNC(=O)C1CCN(C=O)CC1. The molecule has 1 aliphatic heterocycles. The molecule has 1 fully saturated rings. The molecule has 1 rings (SSSR count). The first-order valence-corrected chi connectivity index (χ1v) is 4.19. The molecule has 0 bridgehead atoms. The van der Waals surface area contributed by atoms with Crippen molar-refractivity contribution in [1.82, 2.24) is 10.2 Å². The quantitative estimate of drug-likeness (QED) is 0.573. The number of likely N-dealkylation sites (tertiary alicyclic amines) is 1. The van der Waals surface area contributed by atoms with Gasteiger partial charge in [-0.3, -0.25) is 9.59 Å². The summed E-state index contributed by atoms with van der Waals surface area (Å²) in [5.74, 6) is 0.201. The van der Waals surface area contributed by atoms with Crippen LogP contribution in [0.1, 0.15) is 12.8 Å². The van der Waals surface area contributed by atoms with E-state index in [0.717, 1.165) is 19.3 Å². The number of rotatable bonds is 2. The second kappa shape index (κ2) is 4.09. The van der Waals surface area contributed by atoms with Crippen molar-refractivity contribution < 1.29 is 9.59 Å². The molecule has 0 unspecified atom stereocenters. The van der Waals surface area contributed by atoms with Crippen molar-refractivity contribution in [3.05, 3.63) is 0 Å². The van der Waals surface area contributed by atoms with Crippen molar-refractivity contribution in [2.45, 2.75) is 12.8 Å². The van der Waals surface area contributed by atoms with Gasteiger partial charge in [-0.05, 0) is 12.8 Å². The molecule has 0 aromatic carbocycles. The van der Waals surface area contributed by atoms with Gasteiger partial charge in [0.2, 0.25) is 12.3 Å². The van der Waals surface area contributed by atoms with Crippen LogP contribution in [-0.4, -0.2) is 37.4 Å². The van der Waals surface area contributed by atoms with Crippen LogP contribution in [0.2, 0.25) is 0 Å². The smallest absolute Gasteiger partial charge is 0.222 e. The number of amides is 2. The summed E-state index contributed by atoms with van der Waals surface area (Å²) >= 11 is 0. The molecule has 0 radical (unpaired) electrons. The van der Waals surface area contributed by atoms with E-state index >= 15 is 0 Å². The third kappa shape index (κ3) is 1.96. The van der Waals surface area contributed by atoms with Crippen LogP contribution in [0, 0.1) is 5.92 Å². The van der Waals surface area contributed by atoms with Crippen LogP contribution in [0.25, 0.3) is 0 Å². The van der Waals surface area contributed by atoms with E-state index in [-0.39, 0.29) is 11.8 Å². The van der Waals surface area contributed by atoms with Crippen molar-refractivity contribution in [2.24, 2.45) is 5.92 Å². The zero-order valence-corrected chi connectivity index (χ0v) is 7.25. The lowest BCUT2D eigenvalue weighted by Gasteiger charge is -2.27. The highest BCUT2D eigenvalue weighted by Gasteiger charge is 2.22. The minimum Gasteiger partial charge on any atom is -0.359 e. The van der Waals surface area contributed by atoms with Gasteiger partial charge >= 0.3 is 0 Å². The lowest BCUT2D eigenvalue weighted by molar-refractivity contribution is -0.128. The summed E-state index contributed by atoms with van der Waals surface area (Å²) in [6.45, 7) is 1.42. The Morgan fingerprint density at radius 3 is 2.50 bits per heavy atom. The van der Waals surface area contributed by atoms with Crippen LogP contribution >= 0.6 is 0 Å². The molecule has 4 nitrogen and oxygen atoms in total. The van der Waals surface area contributed by atoms with Crippen molar-refractivity contribution in [2.75, 3.05) is 20.1 Å². The Bertz CT molecular complexity index is 174. The van der Waals surface area contributed by atoms with Gasteiger partial charge in [0.15, 0.2) is 0 Å². The van der Waals surface area contributed by atoms with Crippen LogP contribution < -0.4 is 5.32 Å². The molecule has 68 valence electrons. The van der Waals surface area contributed by atoms with Gasteiger partial charge in [-0.15, -0.1) is 0 Å². The van der Waals surface area contributed by atoms with E-state index in [9.17, 15) is 9.59 Å². The topological polar surface area (TPSA) is 49.4 Å². The van der Waals surface area contributed by atoms with Gasteiger partial charge in [-0.2, -0.15) is 0 Å². The molecule has 4 heteroatoms. The molecular weight excluding hydrogens is 156 g/mol. The highest BCUT2D eigenvalue weighted by atomic mass is 16.2. The molecule has 12 heavy (non-hydrogen) atoms. The van der Waals surface area contributed by atoms with Crippen molar-refractivity contribution in [3.8, 4) is 0 Å². The normalized spacial score (nSPS) is 18.9. The summed E-state index contributed by atoms with van der Waals surface area (Å²) in [4.78, 5) is 23.2. The molecule has 0 aromatic rings. The molecular formula is C8H14N2O2. The Balaban J connectivity index is 2.35. The van der Waals surface area contributed by atoms with E-state index in [2.05, 4.69) is 5.32 Å². The van der Waals surface area contributed by atoms with E-state index in [4.69, 9.17) is 0 Å². The third-order valence-corrected chi connectivity index (χ3v) is 2.30. The Hall–Kier alpha value is -1.06. The minimum atomic E-state index is 0.0977. The van der Waals surface area contributed by atoms with E-state index < -0.39 is 0 Å². The fourth-order valence-corrected chi connectivity index (χ4v) is 1.47. The molecule has 1 N–H and O–H groups in total. The molecule has 1 aliphatic rings. The second-order valence-corrected chi connectivity index (χ2v) is 3.03. The maximum absolute atomic E-state index is 11.1. The minimum absolute atomic E-state index is 0.0977. The zero-order chi connectivity index (χ0) is 8.97. The Morgan fingerprint density at radius 2 is 2.08 bits per heavy atom. The summed E-state index contributed by atoms with van der Waals surface area (Å²) in [5, 5.41) is 2.62. The number of hydrogen-bond donors (Lipinski definition) is 1. The molecule has 1 heterocycles. The zero-order valence-electron chi connectivity index (χ0n) is 7.25. The fraction of sp³-hybridized carbons (Fsp3) is 0.750. The molecule has 1 saturated heterocycles. The van der Waals surface area contributed by atoms with Gasteiger partial charge in [-0.1, -0.05) is 0 Å². The first-order chi connectivity index (χ1) is 5.77. The maximum Gasteiger partial charge on any atom is 0.222 e. The lowest BCUT2D eigenvalue weighted by Crippen LogP contribution is -2.38. The predicted molar refractivity (Wildman–Crippen MR) is 44.4 cm³/mol. The molecule has 0 aromatic heterocycles. The van der Waals surface area contributed by atoms with E-state index in [1.165, 1.54) is 0 Å². The summed E-state index contributed by atoms with van der Waals surface area (Å²) in [6.07, 6.45) is 2.43. The van der Waals surface area contributed by atoms with Gasteiger partial charge in [0.05, 0.1) is 0 Å².